The van der Waals surface area contributed by atoms with Gasteiger partial charge in [-0.25, -0.2) is 9.98 Å². The number of non-ortho nitro benzene ring substituents is 1. The van der Waals surface area contributed by atoms with E-state index in [1.807, 2.05) is 35.7 Å². The Bertz CT molecular complexity index is 875. The van der Waals surface area contributed by atoms with Crippen molar-refractivity contribution in [3.8, 4) is 17.0 Å². The van der Waals surface area contributed by atoms with Gasteiger partial charge in [-0.15, -0.1) is 11.3 Å². The molecule has 3 rings (SSSR count). The smallest absolute Gasteiger partial charge is 0.270 e. The molecule has 0 aliphatic rings. The summed E-state index contributed by atoms with van der Waals surface area (Å²) in [6.07, 6.45) is 1.31. The van der Waals surface area contributed by atoms with Crippen molar-refractivity contribution in [2.24, 2.45) is 4.99 Å². The van der Waals surface area contributed by atoms with Crippen LogP contribution in [0.25, 0.3) is 11.3 Å². The fourth-order valence-electron chi connectivity index (χ4n) is 1.94. The van der Waals surface area contributed by atoms with Crippen molar-refractivity contribution in [1.82, 2.24) is 4.98 Å². The third-order valence-corrected chi connectivity index (χ3v) is 3.83. The molecule has 0 saturated heterocycles. The molecule has 114 valence electrons. The molecule has 0 N–H and O–H groups in total. The summed E-state index contributed by atoms with van der Waals surface area (Å²) in [5.41, 5.74) is 1.79. The van der Waals surface area contributed by atoms with E-state index in [1.165, 1.54) is 29.7 Å². The van der Waals surface area contributed by atoms with Crippen LogP contribution < -0.4 is 5.11 Å². The molecule has 1 aromatic heterocycles. The van der Waals surface area contributed by atoms with Gasteiger partial charge in [0.05, 0.1) is 10.6 Å². The Morgan fingerprint density at radius 3 is 2.70 bits per heavy atom. The number of nitro groups is 1. The lowest BCUT2D eigenvalue weighted by Gasteiger charge is -2.08. The largest absolute Gasteiger partial charge is 0.872 e. The fraction of sp³-hybridized carbons (Fsp3) is 0. The first-order chi connectivity index (χ1) is 11.1. The molecule has 2 aromatic carbocycles. The molecule has 0 aliphatic carbocycles. The topological polar surface area (TPSA) is 91.5 Å². The second-order valence-corrected chi connectivity index (χ2v) is 5.46. The van der Waals surface area contributed by atoms with Crippen LogP contribution in [0, 0.1) is 10.1 Å². The number of hydrogen-bond donors (Lipinski definition) is 0. The predicted molar refractivity (Wildman–Crippen MR) is 87.3 cm³/mol. The number of thiazole rings is 1. The molecule has 3 aromatic rings. The second-order valence-electron chi connectivity index (χ2n) is 4.62. The van der Waals surface area contributed by atoms with Gasteiger partial charge in [0.15, 0.2) is 0 Å². The van der Waals surface area contributed by atoms with Gasteiger partial charge in [-0.2, -0.15) is 0 Å². The van der Waals surface area contributed by atoms with Crippen molar-refractivity contribution in [3.05, 3.63) is 69.6 Å². The molecule has 6 nitrogen and oxygen atoms in total. The third kappa shape index (κ3) is 3.41. The molecule has 7 heteroatoms. The molecule has 0 radical (unpaired) electrons. The maximum absolute atomic E-state index is 11.7. The molecular formula is C16H10N3O3S-. The minimum atomic E-state index is -0.548. The fourth-order valence-corrected chi connectivity index (χ4v) is 2.61. The van der Waals surface area contributed by atoms with E-state index >= 15 is 0 Å². The van der Waals surface area contributed by atoms with Gasteiger partial charge >= 0.3 is 0 Å². The lowest BCUT2D eigenvalue weighted by molar-refractivity contribution is -0.385. The van der Waals surface area contributed by atoms with Crippen molar-refractivity contribution < 1.29 is 10.0 Å². The Balaban J connectivity index is 1.85. The quantitative estimate of drug-likeness (QED) is 0.417. The molecule has 23 heavy (non-hydrogen) atoms. The number of nitrogens with zero attached hydrogens (tertiary/aromatic N) is 3. The van der Waals surface area contributed by atoms with Crippen LogP contribution in [0.5, 0.6) is 5.75 Å². The van der Waals surface area contributed by atoms with Gasteiger partial charge in [-0.05, 0) is 5.56 Å². The summed E-state index contributed by atoms with van der Waals surface area (Å²) in [4.78, 5) is 18.7. The van der Waals surface area contributed by atoms with Crippen molar-refractivity contribution in [2.45, 2.75) is 0 Å². The van der Waals surface area contributed by atoms with Gasteiger partial charge in [0, 0.05) is 29.3 Å². The standard InChI is InChI=1S/C16H11N3O3S/c20-15-7-6-13(19(21)22)8-12(15)9-17-16-18-14(10-23-16)11-4-2-1-3-5-11/h1-10,20H/p-1. The van der Waals surface area contributed by atoms with E-state index < -0.39 is 4.92 Å². The summed E-state index contributed by atoms with van der Waals surface area (Å²) >= 11 is 1.34. The van der Waals surface area contributed by atoms with Crippen molar-refractivity contribution in [3.63, 3.8) is 0 Å². The molecule has 0 bridgehead atoms. The van der Waals surface area contributed by atoms with Crippen molar-refractivity contribution >= 4 is 28.4 Å². The van der Waals surface area contributed by atoms with Gasteiger partial charge in [0.1, 0.15) is 0 Å². The Morgan fingerprint density at radius 1 is 1.17 bits per heavy atom. The van der Waals surface area contributed by atoms with Crippen LogP contribution in [-0.2, 0) is 0 Å². The minimum absolute atomic E-state index is 0.143. The highest BCUT2D eigenvalue weighted by Gasteiger charge is 2.06. The van der Waals surface area contributed by atoms with Crippen LogP contribution in [0.2, 0.25) is 0 Å². The molecule has 0 saturated carbocycles. The molecular weight excluding hydrogens is 314 g/mol. The maximum atomic E-state index is 11.7. The Hall–Kier alpha value is -3.06. The number of nitro benzene ring substituents is 1. The number of hydrogen-bond acceptors (Lipinski definition) is 6. The predicted octanol–water partition coefficient (Wildman–Crippen LogP) is 3.54. The first kappa shape index (κ1) is 14.9. The van der Waals surface area contributed by atoms with Gasteiger partial charge in [0.25, 0.3) is 5.69 Å². The number of rotatable bonds is 4. The van der Waals surface area contributed by atoms with E-state index in [-0.39, 0.29) is 17.0 Å². The van der Waals surface area contributed by atoms with E-state index in [4.69, 9.17) is 0 Å². The van der Waals surface area contributed by atoms with E-state index in [2.05, 4.69) is 9.98 Å². The van der Waals surface area contributed by atoms with Crippen LogP contribution in [0.4, 0.5) is 10.8 Å². The van der Waals surface area contributed by atoms with Crippen LogP contribution in [0.3, 0.4) is 0 Å². The molecule has 0 amide bonds. The average Bonchev–Trinajstić information content (AvgIpc) is 3.03. The van der Waals surface area contributed by atoms with E-state index in [1.54, 1.807) is 0 Å². The lowest BCUT2D eigenvalue weighted by Crippen LogP contribution is -1.97. The zero-order valence-electron chi connectivity index (χ0n) is 11.7. The molecule has 0 atom stereocenters. The summed E-state index contributed by atoms with van der Waals surface area (Å²) in [5, 5.41) is 24.8. The number of aromatic nitrogens is 1. The summed E-state index contributed by atoms with van der Waals surface area (Å²) in [5.74, 6) is -0.320. The summed E-state index contributed by atoms with van der Waals surface area (Å²) in [6, 6.07) is 13.2. The first-order valence-electron chi connectivity index (χ1n) is 6.64. The Labute approximate surface area is 135 Å². The monoisotopic (exact) mass is 324 g/mol. The normalized spacial score (nSPS) is 11.0. The second kappa shape index (κ2) is 6.37. The van der Waals surface area contributed by atoms with Gasteiger partial charge < -0.3 is 5.11 Å². The molecule has 0 aliphatic heterocycles. The average molecular weight is 324 g/mol. The maximum Gasteiger partial charge on any atom is 0.270 e. The highest BCUT2D eigenvalue weighted by atomic mass is 32.1. The van der Waals surface area contributed by atoms with E-state index in [0.717, 1.165) is 17.3 Å². The minimum Gasteiger partial charge on any atom is -0.872 e. The Morgan fingerprint density at radius 2 is 1.96 bits per heavy atom. The van der Waals surface area contributed by atoms with E-state index in [0.29, 0.717) is 5.13 Å². The molecule has 1 heterocycles. The number of aliphatic imine (C=N–C) groups is 1. The highest BCUT2D eigenvalue weighted by Crippen LogP contribution is 2.27. The van der Waals surface area contributed by atoms with Crippen LogP contribution >= 0.6 is 11.3 Å². The SMILES string of the molecule is O=[N+]([O-])c1ccc([O-])c(C=Nc2nc(-c3ccccc3)cs2)c1. The number of benzene rings is 2. The van der Waals surface area contributed by atoms with Crippen LogP contribution in [0.15, 0.2) is 58.9 Å². The van der Waals surface area contributed by atoms with Crippen molar-refractivity contribution in [2.75, 3.05) is 0 Å². The zero-order chi connectivity index (χ0) is 16.2. The van der Waals surface area contributed by atoms with Gasteiger partial charge in [0.2, 0.25) is 5.13 Å². The highest BCUT2D eigenvalue weighted by molar-refractivity contribution is 7.13. The first-order valence-corrected chi connectivity index (χ1v) is 7.52. The summed E-state index contributed by atoms with van der Waals surface area (Å²) in [7, 11) is 0. The zero-order valence-corrected chi connectivity index (χ0v) is 12.6. The van der Waals surface area contributed by atoms with Crippen LogP contribution in [-0.4, -0.2) is 16.1 Å². The summed E-state index contributed by atoms with van der Waals surface area (Å²) < 4.78 is 0. The van der Waals surface area contributed by atoms with Crippen LogP contribution in [0.1, 0.15) is 5.56 Å². The van der Waals surface area contributed by atoms with Crippen molar-refractivity contribution in [1.29, 1.82) is 0 Å². The molecule has 0 unspecified atom stereocenters. The Kier molecular flexibility index (Phi) is 4.11. The van der Waals surface area contributed by atoms with Gasteiger partial charge in [-0.1, -0.05) is 42.1 Å². The molecule has 0 spiro atoms. The molecule has 0 fully saturated rings. The summed E-state index contributed by atoms with van der Waals surface area (Å²) in [6.45, 7) is 0. The third-order valence-electron chi connectivity index (χ3n) is 3.08. The van der Waals surface area contributed by atoms with Gasteiger partial charge in [-0.3, -0.25) is 10.1 Å². The lowest BCUT2D eigenvalue weighted by atomic mass is 10.2. The van der Waals surface area contributed by atoms with E-state index in [9.17, 15) is 15.2 Å².